The summed E-state index contributed by atoms with van der Waals surface area (Å²) in [5, 5.41) is 12.5. The van der Waals surface area contributed by atoms with Gasteiger partial charge in [0.05, 0.1) is 0 Å². The fourth-order valence-corrected chi connectivity index (χ4v) is 2.49. The van der Waals surface area contributed by atoms with Crippen molar-refractivity contribution in [2.45, 2.75) is 44.7 Å². The summed E-state index contributed by atoms with van der Waals surface area (Å²) in [7, 11) is 1.92. The maximum absolute atomic E-state index is 8.87. The van der Waals surface area contributed by atoms with Crippen LogP contribution >= 0.6 is 0 Å². The van der Waals surface area contributed by atoms with Crippen molar-refractivity contribution >= 4 is 0 Å². The zero-order valence-electron chi connectivity index (χ0n) is 10.1. The van der Waals surface area contributed by atoms with Gasteiger partial charge in [-0.3, -0.25) is 0 Å². The summed E-state index contributed by atoms with van der Waals surface area (Å²) >= 11 is 0. The lowest BCUT2D eigenvalue weighted by Gasteiger charge is -2.25. The van der Waals surface area contributed by atoms with Crippen molar-refractivity contribution in [3.63, 3.8) is 0 Å². The van der Waals surface area contributed by atoms with Gasteiger partial charge in [0.15, 0.2) is 0 Å². The minimum atomic E-state index is 0.308. The molecule has 0 amide bonds. The Hall–Kier alpha value is -1.27. The predicted molar refractivity (Wildman–Crippen MR) is 63.8 cm³/mol. The van der Waals surface area contributed by atoms with Crippen LogP contribution in [0.2, 0.25) is 0 Å². The maximum atomic E-state index is 8.87. The third kappa shape index (κ3) is 2.28. The molecule has 0 radical (unpaired) electrons. The monoisotopic (exact) mass is 217 g/mol. The van der Waals surface area contributed by atoms with Gasteiger partial charge in [0.2, 0.25) is 0 Å². The van der Waals surface area contributed by atoms with Gasteiger partial charge >= 0.3 is 0 Å². The third-order valence-electron chi connectivity index (χ3n) is 3.60. The molecule has 1 aromatic heterocycles. The summed E-state index contributed by atoms with van der Waals surface area (Å²) in [4.78, 5) is 0. The number of aromatic nitrogens is 1. The lowest BCUT2D eigenvalue weighted by atomic mass is 10.0. The molecule has 0 saturated heterocycles. The summed E-state index contributed by atoms with van der Waals surface area (Å²) in [6.07, 6.45) is 7.24. The molecule has 3 heteroatoms. The van der Waals surface area contributed by atoms with Crippen molar-refractivity contribution in [1.29, 1.82) is 5.26 Å². The topological polar surface area (TPSA) is 40.8 Å². The summed E-state index contributed by atoms with van der Waals surface area (Å²) in [6, 6.07) is 4.15. The Labute approximate surface area is 97.1 Å². The number of nitrogens with one attached hydrogen (secondary N) is 1. The van der Waals surface area contributed by atoms with E-state index in [2.05, 4.69) is 18.3 Å². The molecule has 1 aliphatic carbocycles. The summed E-state index contributed by atoms with van der Waals surface area (Å²) in [5.74, 6) is 0. The molecule has 3 nitrogen and oxygen atoms in total. The SMILES string of the molecule is Cn1cc(CNC2(C)CCCC2)cc1C#N. The first-order valence-corrected chi connectivity index (χ1v) is 5.93. The fraction of sp³-hybridized carbons (Fsp3) is 0.615. The Morgan fingerprint density at radius 1 is 1.50 bits per heavy atom. The molecule has 1 aliphatic rings. The number of rotatable bonds is 3. The summed E-state index contributed by atoms with van der Waals surface area (Å²) in [5.41, 5.74) is 2.24. The molecular weight excluding hydrogens is 198 g/mol. The number of aryl methyl sites for hydroxylation is 1. The second kappa shape index (κ2) is 4.31. The van der Waals surface area contributed by atoms with Gasteiger partial charge in [-0.05, 0) is 31.4 Å². The van der Waals surface area contributed by atoms with E-state index in [-0.39, 0.29) is 0 Å². The van der Waals surface area contributed by atoms with E-state index in [1.807, 2.05) is 23.9 Å². The molecule has 1 saturated carbocycles. The molecule has 86 valence electrons. The average molecular weight is 217 g/mol. The van der Waals surface area contributed by atoms with Crippen LogP contribution in [0.5, 0.6) is 0 Å². The molecule has 1 fully saturated rings. The van der Waals surface area contributed by atoms with E-state index < -0.39 is 0 Å². The first-order valence-electron chi connectivity index (χ1n) is 5.93. The molecule has 0 bridgehead atoms. The second-order valence-corrected chi connectivity index (χ2v) is 5.08. The average Bonchev–Trinajstić information content (AvgIpc) is 2.83. The second-order valence-electron chi connectivity index (χ2n) is 5.08. The van der Waals surface area contributed by atoms with Crippen LogP contribution in [-0.4, -0.2) is 10.1 Å². The molecule has 0 unspecified atom stereocenters. The quantitative estimate of drug-likeness (QED) is 0.844. The molecule has 1 N–H and O–H groups in total. The van der Waals surface area contributed by atoms with Gasteiger partial charge in [0.1, 0.15) is 11.8 Å². The molecule has 1 heterocycles. The molecular formula is C13H19N3. The Kier molecular flexibility index (Phi) is 3.02. The number of nitriles is 1. The minimum Gasteiger partial charge on any atom is -0.342 e. The van der Waals surface area contributed by atoms with Crippen LogP contribution in [0, 0.1) is 11.3 Å². The third-order valence-corrected chi connectivity index (χ3v) is 3.60. The normalized spacial score (nSPS) is 18.6. The number of hydrogen-bond acceptors (Lipinski definition) is 2. The smallest absolute Gasteiger partial charge is 0.120 e. The van der Waals surface area contributed by atoms with Crippen LogP contribution in [0.25, 0.3) is 0 Å². The van der Waals surface area contributed by atoms with Gasteiger partial charge in [-0.15, -0.1) is 0 Å². The number of nitrogens with zero attached hydrogens (tertiary/aromatic N) is 2. The van der Waals surface area contributed by atoms with Crippen molar-refractivity contribution < 1.29 is 0 Å². The minimum absolute atomic E-state index is 0.308. The Morgan fingerprint density at radius 3 is 2.75 bits per heavy atom. The largest absolute Gasteiger partial charge is 0.342 e. The Balaban J connectivity index is 1.97. The summed E-state index contributed by atoms with van der Waals surface area (Å²) in [6.45, 7) is 3.17. The van der Waals surface area contributed by atoms with Gasteiger partial charge in [0, 0.05) is 25.3 Å². The molecule has 0 aliphatic heterocycles. The Morgan fingerprint density at radius 2 is 2.19 bits per heavy atom. The highest BCUT2D eigenvalue weighted by atomic mass is 15.0. The lowest BCUT2D eigenvalue weighted by molar-refractivity contribution is 0.362. The zero-order chi connectivity index (χ0) is 11.6. The first kappa shape index (κ1) is 11.2. The highest BCUT2D eigenvalue weighted by Crippen LogP contribution is 2.29. The molecule has 0 aromatic carbocycles. The molecule has 16 heavy (non-hydrogen) atoms. The highest BCUT2D eigenvalue weighted by molar-refractivity contribution is 5.28. The van der Waals surface area contributed by atoms with E-state index in [9.17, 15) is 0 Å². The first-order chi connectivity index (χ1) is 7.63. The van der Waals surface area contributed by atoms with E-state index in [0.717, 1.165) is 12.2 Å². The van der Waals surface area contributed by atoms with E-state index in [1.165, 1.54) is 31.2 Å². The van der Waals surface area contributed by atoms with E-state index in [4.69, 9.17) is 5.26 Å². The standard InChI is InChI=1S/C13H19N3/c1-13(5-3-4-6-13)15-9-11-7-12(8-14)16(2)10-11/h7,10,15H,3-6,9H2,1-2H3. The van der Waals surface area contributed by atoms with Crippen molar-refractivity contribution in [3.8, 4) is 6.07 Å². The van der Waals surface area contributed by atoms with Gasteiger partial charge < -0.3 is 9.88 Å². The van der Waals surface area contributed by atoms with Crippen molar-refractivity contribution in [1.82, 2.24) is 9.88 Å². The van der Waals surface area contributed by atoms with Gasteiger partial charge in [-0.1, -0.05) is 12.8 Å². The molecule has 0 spiro atoms. The summed E-state index contributed by atoms with van der Waals surface area (Å²) < 4.78 is 1.88. The van der Waals surface area contributed by atoms with E-state index >= 15 is 0 Å². The number of hydrogen-bond donors (Lipinski definition) is 1. The van der Waals surface area contributed by atoms with Gasteiger partial charge in [-0.2, -0.15) is 5.26 Å². The highest BCUT2D eigenvalue weighted by Gasteiger charge is 2.27. The van der Waals surface area contributed by atoms with Crippen LogP contribution in [-0.2, 0) is 13.6 Å². The van der Waals surface area contributed by atoms with Crippen LogP contribution in [0.3, 0.4) is 0 Å². The molecule has 0 atom stereocenters. The maximum Gasteiger partial charge on any atom is 0.120 e. The zero-order valence-corrected chi connectivity index (χ0v) is 10.1. The van der Waals surface area contributed by atoms with Crippen molar-refractivity contribution in [3.05, 3.63) is 23.5 Å². The van der Waals surface area contributed by atoms with Crippen LogP contribution in [0.1, 0.15) is 43.9 Å². The molecule has 1 aromatic rings. The lowest BCUT2D eigenvalue weighted by Crippen LogP contribution is -2.38. The van der Waals surface area contributed by atoms with Crippen LogP contribution in [0.15, 0.2) is 12.3 Å². The molecule has 2 rings (SSSR count). The van der Waals surface area contributed by atoms with E-state index in [1.54, 1.807) is 0 Å². The predicted octanol–water partition coefficient (Wildman–Crippen LogP) is 2.32. The fourth-order valence-electron chi connectivity index (χ4n) is 2.49. The van der Waals surface area contributed by atoms with Crippen molar-refractivity contribution in [2.24, 2.45) is 7.05 Å². The van der Waals surface area contributed by atoms with Crippen molar-refractivity contribution in [2.75, 3.05) is 0 Å². The van der Waals surface area contributed by atoms with Crippen LogP contribution < -0.4 is 5.32 Å². The van der Waals surface area contributed by atoms with E-state index in [0.29, 0.717) is 5.54 Å². The van der Waals surface area contributed by atoms with Gasteiger partial charge in [-0.25, -0.2) is 0 Å². The Bertz CT molecular complexity index is 405. The van der Waals surface area contributed by atoms with Gasteiger partial charge in [0.25, 0.3) is 0 Å². The van der Waals surface area contributed by atoms with Crippen LogP contribution in [0.4, 0.5) is 0 Å².